The summed E-state index contributed by atoms with van der Waals surface area (Å²) in [6.45, 7) is 15.4. The van der Waals surface area contributed by atoms with E-state index in [2.05, 4.69) is 185 Å². The van der Waals surface area contributed by atoms with Crippen molar-refractivity contribution in [2.75, 3.05) is 52.9 Å². The highest BCUT2D eigenvalue weighted by Gasteiger charge is 2.28. The average molecular weight is 1970 g/mol. The van der Waals surface area contributed by atoms with Crippen molar-refractivity contribution in [2.45, 2.75) is 514 Å². The third kappa shape index (κ3) is 44.5. The Kier molecular flexibility index (Phi) is 57.8. The van der Waals surface area contributed by atoms with Gasteiger partial charge in [0.05, 0.1) is 52.9 Å². The number of hydrogen-bond donors (Lipinski definition) is 0. The molecule has 0 atom stereocenters. The Balaban J connectivity index is 0.591. The normalized spacial score (nSPS) is 18.2. The minimum Gasteiger partial charge on any atom is -0.494 e. The molecule has 0 bridgehead atoms. The lowest BCUT2D eigenvalue weighted by Gasteiger charge is -2.29. The molecule has 0 N–H and O–H groups in total. The minimum atomic E-state index is 0.674. The first-order chi connectivity index (χ1) is 71.4. The Labute approximate surface area is 881 Å². The molecule has 0 aromatic heterocycles. The summed E-state index contributed by atoms with van der Waals surface area (Å²) in [5, 5.41) is 4.64. The third-order valence-electron chi connectivity index (χ3n) is 34.1. The van der Waals surface area contributed by atoms with Crippen LogP contribution in [0.4, 0.5) is 0 Å². The Bertz CT molecular complexity index is 4230. The molecule has 0 radical (unpaired) electrons. The van der Waals surface area contributed by atoms with Crippen molar-refractivity contribution < 1.29 is 37.9 Å². The second-order valence-corrected chi connectivity index (χ2v) is 45.7. The first-order valence-corrected chi connectivity index (χ1v) is 61.9. The highest BCUT2D eigenvalue weighted by Crippen LogP contribution is 2.49. The van der Waals surface area contributed by atoms with Crippen LogP contribution in [0.25, 0.3) is 32.7 Å². The van der Waals surface area contributed by atoms with E-state index in [4.69, 9.17) is 37.9 Å². The number of rotatable bonds is 81. The lowest BCUT2D eigenvalue weighted by atomic mass is 9.77. The van der Waals surface area contributed by atoms with E-state index in [0.717, 1.165) is 217 Å². The first-order valence-electron chi connectivity index (χ1n) is 61.9. The molecule has 0 heterocycles. The van der Waals surface area contributed by atoms with Gasteiger partial charge < -0.3 is 37.9 Å². The molecule has 8 aromatic rings. The molecule has 8 nitrogen and oxygen atoms in total. The Morgan fingerprint density at radius 2 is 0.347 bits per heavy atom. The summed E-state index contributed by atoms with van der Waals surface area (Å²) in [4.78, 5) is 0. The van der Waals surface area contributed by atoms with Crippen LogP contribution in [-0.4, -0.2) is 52.9 Å². The first kappa shape index (κ1) is 115. The molecule has 0 amide bonds. The van der Waals surface area contributed by atoms with Gasteiger partial charge in [0.1, 0.15) is 46.0 Å². The Morgan fingerprint density at radius 3 is 0.549 bits per heavy atom. The van der Waals surface area contributed by atoms with Gasteiger partial charge in [0.2, 0.25) is 0 Å². The Hall–Kier alpha value is -7.32. The fourth-order valence-corrected chi connectivity index (χ4v) is 24.7. The molecule has 798 valence electrons. The van der Waals surface area contributed by atoms with E-state index in [-0.39, 0.29) is 0 Å². The van der Waals surface area contributed by atoms with Gasteiger partial charge in [-0.15, -0.1) is 0 Å². The molecular formula is C136H206O8. The van der Waals surface area contributed by atoms with Gasteiger partial charge in [0, 0.05) is 11.1 Å². The standard InChI is InChI=1S/C136H206O8/c1-5-9-45-57-111-61-69-115(70-62-111)119-77-87-125(88-78-119)137-101-49-37-29-21-13-15-25-33-41-53-105-141-129-95-97-131-123(109-129)85-99-133(143-107-55-43-35-27-19-17-23-31-39-51-103-139-127-91-81-121(82-92-127)117-73-65-113(66-74-117)59-47-11-7-3)135(131)136-132-98-96-130(142-106-54-42-34-26-16-14-22-30-38-50-102-138-126-89-79-120(80-90-126)116-71-63-112(64-72-116)58-46-10-6-2)110-124(132)86-100-134(136)144-108-56-44-36-28-20-18-24-32-40-52-104-140-128-93-83-122(84-94-128)118-75-67-114(68-76-118)60-48-12-8-4/h77-100,109-118H,5-76,101-108H2,1-4H3. The van der Waals surface area contributed by atoms with Crippen molar-refractivity contribution in [1.82, 2.24) is 0 Å². The largest absolute Gasteiger partial charge is 0.494 e. The van der Waals surface area contributed by atoms with Gasteiger partial charge in [-0.3, -0.25) is 0 Å². The second-order valence-electron chi connectivity index (χ2n) is 45.7. The number of fused-ring (bicyclic) bond motifs is 2. The predicted octanol–water partition coefficient (Wildman–Crippen LogP) is 42.5. The fourth-order valence-electron chi connectivity index (χ4n) is 24.7. The number of hydrogen-bond acceptors (Lipinski definition) is 8. The molecule has 0 spiro atoms. The number of ether oxygens (including phenoxy) is 8. The van der Waals surface area contributed by atoms with Crippen LogP contribution >= 0.6 is 0 Å². The van der Waals surface area contributed by atoms with E-state index < -0.39 is 0 Å². The van der Waals surface area contributed by atoms with Crippen molar-refractivity contribution in [3.63, 3.8) is 0 Å². The van der Waals surface area contributed by atoms with Gasteiger partial charge in [-0.2, -0.15) is 0 Å². The monoisotopic (exact) mass is 1970 g/mol. The van der Waals surface area contributed by atoms with E-state index in [1.165, 1.54) is 433 Å². The maximum absolute atomic E-state index is 7.12. The smallest absolute Gasteiger partial charge is 0.127 e. The molecule has 4 aliphatic rings. The van der Waals surface area contributed by atoms with E-state index >= 15 is 0 Å². The van der Waals surface area contributed by atoms with Crippen molar-refractivity contribution in [1.29, 1.82) is 0 Å². The van der Waals surface area contributed by atoms with Crippen molar-refractivity contribution in [3.8, 4) is 57.1 Å². The zero-order chi connectivity index (χ0) is 99.6. The van der Waals surface area contributed by atoms with Gasteiger partial charge in [-0.1, -0.05) is 397 Å². The van der Waals surface area contributed by atoms with Crippen LogP contribution in [0.1, 0.15) is 536 Å². The predicted molar refractivity (Wildman–Crippen MR) is 617 cm³/mol. The lowest BCUT2D eigenvalue weighted by Crippen LogP contribution is -2.13. The van der Waals surface area contributed by atoms with Crippen molar-refractivity contribution >= 4 is 21.5 Å². The molecule has 4 fully saturated rings. The van der Waals surface area contributed by atoms with Crippen LogP contribution in [0.15, 0.2) is 158 Å². The average Bonchev–Trinajstić information content (AvgIpc) is 0.746. The summed E-state index contributed by atoms with van der Waals surface area (Å²) in [6, 6.07) is 59.2. The highest BCUT2D eigenvalue weighted by atomic mass is 16.5. The molecular weight excluding hydrogens is 1760 g/mol. The van der Waals surface area contributed by atoms with Gasteiger partial charge >= 0.3 is 0 Å². The molecule has 12 rings (SSSR count). The second kappa shape index (κ2) is 72.2. The van der Waals surface area contributed by atoms with Crippen molar-refractivity contribution in [2.24, 2.45) is 23.7 Å². The van der Waals surface area contributed by atoms with Crippen LogP contribution in [0.2, 0.25) is 0 Å². The maximum Gasteiger partial charge on any atom is 0.127 e. The molecule has 8 aromatic carbocycles. The van der Waals surface area contributed by atoms with Crippen LogP contribution in [0.3, 0.4) is 0 Å². The molecule has 4 saturated carbocycles. The summed E-state index contributed by atoms with van der Waals surface area (Å²) in [6.07, 6.45) is 94.0. The SMILES string of the molecule is CCCCCC1CCC(c2ccc(OCCCCCCCCCCCCOc3ccc4c(-c5c(OCCCCCCCCCCCCOc6ccc(C7CCC(CCCCC)CC7)cc6)ccc6cc(OCCCCCCCCCCCCOc7ccc(C8CCC(CCCCC)CC8)cc7)ccc56)c(OCCCCCCCCCCCCOc5ccc(C6CCC(CCCCC)CC6)cc5)ccc4c3)cc2)CC1. The van der Waals surface area contributed by atoms with Gasteiger partial charge in [0.15, 0.2) is 0 Å². The van der Waals surface area contributed by atoms with E-state index in [1.54, 1.807) is 0 Å². The summed E-state index contributed by atoms with van der Waals surface area (Å²) in [5.41, 5.74) is 8.30. The van der Waals surface area contributed by atoms with Gasteiger partial charge in [-0.05, 0) is 342 Å². The maximum atomic E-state index is 7.12. The molecule has 0 aliphatic heterocycles. The Morgan fingerprint density at radius 1 is 0.167 bits per heavy atom. The summed E-state index contributed by atoms with van der Waals surface area (Å²) in [5.74, 6) is 14.6. The van der Waals surface area contributed by atoms with Crippen LogP contribution in [0, 0.1) is 23.7 Å². The third-order valence-corrected chi connectivity index (χ3v) is 34.1. The summed E-state index contributed by atoms with van der Waals surface area (Å²) >= 11 is 0. The molecule has 144 heavy (non-hydrogen) atoms. The fraction of sp³-hybridized carbons (Fsp3) is 0.676. The molecule has 4 aliphatic carbocycles. The zero-order valence-electron chi connectivity index (χ0n) is 92.5. The van der Waals surface area contributed by atoms with Crippen LogP contribution in [-0.2, 0) is 0 Å². The van der Waals surface area contributed by atoms with E-state index in [1.807, 2.05) is 0 Å². The molecule has 8 heteroatoms. The van der Waals surface area contributed by atoms with Crippen molar-refractivity contribution in [3.05, 3.63) is 180 Å². The van der Waals surface area contributed by atoms with E-state index in [0.29, 0.717) is 13.2 Å². The quantitative estimate of drug-likeness (QED) is 0.0349. The number of unbranched alkanes of at least 4 members (excludes halogenated alkanes) is 44. The number of benzene rings is 8. The van der Waals surface area contributed by atoms with Gasteiger partial charge in [0.25, 0.3) is 0 Å². The van der Waals surface area contributed by atoms with Gasteiger partial charge in [-0.25, -0.2) is 0 Å². The summed E-state index contributed by atoms with van der Waals surface area (Å²) < 4.78 is 52.5. The minimum absolute atomic E-state index is 0.674. The zero-order valence-corrected chi connectivity index (χ0v) is 92.5. The highest BCUT2D eigenvalue weighted by molar-refractivity contribution is 6.10. The lowest BCUT2D eigenvalue weighted by molar-refractivity contribution is 0.299. The topological polar surface area (TPSA) is 73.8 Å². The molecule has 0 unspecified atom stereocenters. The molecule has 0 saturated heterocycles. The van der Waals surface area contributed by atoms with Crippen LogP contribution in [0.5, 0.6) is 46.0 Å². The summed E-state index contributed by atoms with van der Waals surface area (Å²) in [7, 11) is 0. The van der Waals surface area contributed by atoms with Crippen LogP contribution < -0.4 is 37.9 Å². The van der Waals surface area contributed by atoms with E-state index in [9.17, 15) is 0 Å².